The van der Waals surface area contributed by atoms with E-state index in [4.69, 9.17) is 0 Å². The Morgan fingerprint density at radius 3 is 1.97 bits per heavy atom. The van der Waals surface area contributed by atoms with Crippen LogP contribution in [0.15, 0.2) is 70.9 Å². The highest BCUT2D eigenvalue weighted by Crippen LogP contribution is 2.21. The number of benzene rings is 2. The van der Waals surface area contributed by atoms with Gasteiger partial charge in [-0.2, -0.15) is 4.31 Å². The van der Waals surface area contributed by atoms with Crippen molar-refractivity contribution < 1.29 is 18.0 Å². The number of carbonyl (C=O) groups is 2. The second kappa shape index (κ2) is 9.84. The van der Waals surface area contributed by atoms with Crippen molar-refractivity contribution in [1.29, 1.82) is 0 Å². The molecule has 1 aliphatic rings. The van der Waals surface area contributed by atoms with Crippen LogP contribution in [0.2, 0.25) is 0 Å². The number of hydrogen-bond acceptors (Lipinski definition) is 6. The molecule has 0 saturated carbocycles. The van der Waals surface area contributed by atoms with Crippen LogP contribution in [0.4, 0.5) is 11.4 Å². The average molecular weight is 485 g/mol. The number of hydrogen-bond donors (Lipinski definition) is 2. The molecule has 3 aromatic rings. The van der Waals surface area contributed by atoms with Gasteiger partial charge in [0.05, 0.1) is 9.77 Å². The van der Waals surface area contributed by atoms with Gasteiger partial charge in [-0.3, -0.25) is 9.59 Å². The Hall–Kier alpha value is -3.05. The summed E-state index contributed by atoms with van der Waals surface area (Å²) in [4.78, 5) is 27.6. The van der Waals surface area contributed by atoms with Crippen LogP contribution in [0.1, 0.15) is 20.0 Å². The smallest absolute Gasteiger partial charge is 0.265 e. The zero-order valence-corrected chi connectivity index (χ0v) is 19.7. The van der Waals surface area contributed by atoms with Crippen LogP contribution in [0, 0.1) is 0 Å². The number of nitrogens with one attached hydrogen (secondary N) is 2. The van der Waals surface area contributed by atoms with Crippen LogP contribution in [0.5, 0.6) is 0 Å². The number of carbonyl (C=O) groups excluding carboxylic acids is 2. The third-order valence-electron chi connectivity index (χ3n) is 5.36. The molecule has 2 heterocycles. The van der Waals surface area contributed by atoms with Crippen molar-refractivity contribution in [3.63, 3.8) is 0 Å². The summed E-state index contributed by atoms with van der Waals surface area (Å²) >= 11 is 1.35. The van der Waals surface area contributed by atoms with Crippen molar-refractivity contribution in [3.05, 3.63) is 76.5 Å². The van der Waals surface area contributed by atoms with Gasteiger partial charge in [-0.05, 0) is 67.0 Å². The Morgan fingerprint density at radius 2 is 1.39 bits per heavy atom. The molecule has 8 nitrogen and oxygen atoms in total. The van der Waals surface area contributed by atoms with Crippen molar-refractivity contribution in [3.8, 4) is 0 Å². The molecule has 10 heteroatoms. The molecule has 0 radical (unpaired) electrons. The lowest BCUT2D eigenvalue weighted by atomic mass is 10.2. The van der Waals surface area contributed by atoms with Gasteiger partial charge in [0, 0.05) is 43.1 Å². The lowest BCUT2D eigenvalue weighted by molar-refractivity contribution is 0.102. The minimum Gasteiger partial charge on any atom is -0.322 e. The number of nitrogens with zero attached hydrogens (tertiary/aromatic N) is 2. The SMILES string of the molecule is CN1CCN(S(=O)(=O)c2ccc(NC(=O)c3ccc(NC(=O)c4cccs4)cc3)cc2)CC1. The summed E-state index contributed by atoms with van der Waals surface area (Å²) in [5, 5.41) is 7.38. The molecule has 0 bridgehead atoms. The highest BCUT2D eigenvalue weighted by atomic mass is 32.2. The van der Waals surface area contributed by atoms with Gasteiger partial charge in [0.1, 0.15) is 0 Å². The summed E-state index contributed by atoms with van der Waals surface area (Å²) in [6.45, 7) is 2.32. The molecular formula is C23H24N4O4S2. The molecule has 2 amide bonds. The third-order valence-corrected chi connectivity index (χ3v) is 8.14. The quantitative estimate of drug-likeness (QED) is 0.560. The summed E-state index contributed by atoms with van der Waals surface area (Å²) in [6.07, 6.45) is 0. The second-order valence-electron chi connectivity index (χ2n) is 7.69. The van der Waals surface area contributed by atoms with Crippen molar-refractivity contribution in [1.82, 2.24) is 9.21 Å². The van der Waals surface area contributed by atoms with E-state index in [0.29, 0.717) is 48.0 Å². The highest BCUT2D eigenvalue weighted by Gasteiger charge is 2.27. The van der Waals surface area contributed by atoms with E-state index in [0.717, 1.165) is 0 Å². The normalized spacial score (nSPS) is 15.2. The fourth-order valence-corrected chi connectivity index (χ4v) is 5.44. The molecule has 0 atom stereocenters. The van der Waals surface area contributed by atoms with E-state index >= 15 is 0 Å². The number of anilines is 2. The fourth-order valence-electron chi connectivity index (χ4n) is 3.40. The fraction of sp³-hybridized carbons (Fsp3) is 0.217. The third kappa shape index (κ3) is 5.48. The van der Waals surface area contributed by atoms with E-state index in [-0.39, 0.29) is 16.7 Å². The summed E-state index contributed by atoms with van der Waals surface area (Å²) < 4.78 is 27.1. The molecular weight excluding hydrogens is 460 g/mol. The summed E-state index contributed by atoms with van der Waals surface area (Å²) in [6, 6.07) is 16.3. The van der Waals surface area contributed by atoms with Crippen LogP contribution < -0.4 is 10.6 Å². The molecule has 1 fully saturated rings. The molecule has 4 rings (SSSR count). The average Bonchev–Trinajstić information content (AvgIpc) is 3.35. The molecule has 0 spiro atoms. The summed E-state index contributed by atoms with van der Waals surface area (Å²) in [5.41, 5.74) is 1.49. The maximum Gasteiger partial charge on any atom is 0.265 e. The minimum absolute atomic E-state index is 0.200. The first-order valence-corrected chi connectivity index (χ1v) is 12.7. The molecule has 0 aliphatic carbocycles. The van der Waals surface area contributed by atoms with E-state index in [1.165, 1.54) is 27.8 Å². The van der Waals surface area contributed by atoms with Crippen LogP contribution in [0.25, 0.3) is 0 Å². The van der Waals surface area contributed by atoms with Crippen LogP contribution >= 0.6 is 11.3 Å². The van der Waals surface area contributed by atoms with Crippen LogP contribution in [-0.4, -0.2) is 62.7 Å². The van der Waals surface area contributed by atoms with Crippen LogP contribution in [0.3, 0.4) is 0 Å². The topological polar surface area (TPSA) is 98.8 Å². The van der Waals surface area contributed by atoms with Gasteiger partial charge in [0.15, 0.2) is 0 Å². The Kier molecular flexibility index (Phi) is 6.89. The summed E-state index contributed by atoms with van der Waals surface area (Å²) in [5.74, 6) is -0.533. The van der Waals surface area contributed by atoms with Gasteiger partial charge in [0.25, 0.3) is 11.8 Å². The Balaban J connectivity index is 1.37. The Labute approximate surface area is 196 Å². The molecule has 172 valence electrons. The molecule has 2 N–H and O–H groups in total. The first kappa shape index (κ1) is 23.1. The largest absolute Gasteiger partial charge is 0.322 e. The predicted molar refractivity (Wildman–Crippen MR) is 129 cm³/mol. The first-order chi connectivity index (χ1) is 15.8. The molecule has 2 aromatic carbocycles. The van der Waals surface area contributed by atoms with E-state index in [9.17, 15) is 18.0 Å². The van der Waals surface area contributed by atoms with E-state index < -0.39 is 10.0 Å². The Morgan fingerprint density at radius 1 is 0.818 bits per heavy atom. The Bertz CT molecular complexity index is 1220. The maximum absolute atomic E-state index is 12.8. The van der Waals surface area contributed by atoms with Crippen molar-refractivity contribution in [2.45, 2.75) is 4.90 Å². The first-order valence-electron chi connectivity index (χ1n) is 10.4. The van der Waals surface area contributed by atoms with E-state index in [2.05, 4.69) is 15.5 Å². The molecule has 1 saturated heterocycles. The number of piperazine rings is 1. The zero-order chi connectivity index (χ0) is 23.4. The van der Waals surface area contributed by atoms with Gasteiger partial charge < -0.3 is 15.5 Å². The predicted octanol–water partition coefficient (Wildman–Crippen LogP) is 3.19. The molecule has 1 aliphatic heterocycles. The van der Waals surface area contributed by atoms with E-state index in [1.807, 2.05) is 12.4 Å². The molecule has 33 heavy (non-hydrogen) atoms. The molecule has 1 aromatic heterocycles. The number of rotatable bonds is 6. The summed E-state index contributed by atoms with van der Waals surface area (Å²) in [7, 11) is -1.59. The number of amides is 2. The van der Waals surface area contributed by atoms with Gasteiger partial charge >= 0.3 is 0 Å². The van der Waals surface area contributed by atoms with Crippen molar-refractivity contribution in [2.24, 2.45) is 0 Å². The van der Waals surface area contributed by atoms with Crippen molar-refractivity contribution >= 4 is 44.5 Å². The zero-order valence-electron chi connectivity index (χ0n) is 18.0. The van der Waals surface area contributed by atoms with Gasteiger partial charge in [-0.25, -0.2) is 8.42 Å². The van der Waals surface area contributed by atoms with Crippen LogP contribution in [-0.2, 0) is 10.0 Å². The number of thiophene rings is 1. The van der Waals surface area contributed by atoms with Gasteiger partial charge in [-0.1, -0.05) is 6.07 Å². The number of sulfonamides is 1. The van der Waals surface area contributed by atoms with E-state index in [1.54, 1.807) is 48.5 Å². The maximum atomic E-state index is 12.8. The second-order valence-corrected chi connectivity index (χ2v) is 10.6. The standard InChI is InChI=1S/C23H24N4O4S2/c1-26-12-14-27(15-13-26)33(30,31)20-10-8-19(9-11-20)24-22(28)17-4-6-18(7-5-17)25-23(29)21-3-2-16-32-21/h2-11,16H,12-15H2,1H3,(H,24,28)(H,25,29). The number of likely N-dealkylation sites (N-methyl/N-ethyl adjacent to an activating group) is 1. The lowest BCUT2D eigenvalue weighted by Gasteiger charge is -2.31. The van der Waals surface area contributed by atoms with Gasteiger partial charge in [-0.15, -0.1) is 11.3 Å². The minimum atomic E-state index is -3.55. The highest BCUT2D eigenvalue weighted by molar-refractivity contribution is 7.89. The lowest BCUT2D eigenvalue weighted by Crippen LogP contribution is -2.46. The van der Waals surface area contributed by atoms with Crippen molar-refractivity contribution in [2.75, 3.05) is 43.9 Å². The molecule has 0 unspecified atom stereocenters. The van der Waals surface area contributed by atoms with Gasteiger partial charge in [0.2, 0.25) is 10.0 Å². The monoisotopic (exact) mass is 484 g/mol.